The normalized spacial score (nSPS) is 13.5. The van der Waals surface area contributed by atoms with Gasteiger partial charge in [0.05, 0.1) is 0 Å². The minimum atomic E-state index is 0.737. The summed E-state index contributed by atoms with van der Waals surface area (Å²) >= 11 is 2.12. The molecule has 14 heavy (non-hydrogen) atoms. The van der Waals surface area contributed by atoms with Gasteiger partial charge in [0.15, 0.2) is 0 Å². The molecule has 0 aromatic heterocycles. The van der Waals surface area contributed by atoms with Gasteiger partial charge in [0.2, 0.25) is 0 Å². The zero-order valence-corrected chi connectivity index (χ0v) is 11.1. The van der Waals surface area contributed by atoms with Gasteiger partial charge >= 0.3 is 0 Å². The van der Waals surface area contributed by atoms with Crippen molar-refractivity contribution < 1.29 is 0 Å². The third-order valence-electron chi connectivity index (χ3n) is 2.58. The molecule has 1 unspecified atom stereocenters. The van der Waals surface area contributed by atoms with Crippen molar-refractivity contribution in [2.45, 2.75) is 52.5 Å². The number of thioether (sulfide) groups is 1. The molecule has 0 saturated heterocycles. The summed E-state index contributed by atoms with van der Waals surface area (Å²) in [6.07, 6.45) is 5.32. The topological polar surface area (TPSA) is 12.0 Å². The maximum absolute atomic E-state index is 3.35. The Bertz CT molecular complexity index is 111. The van der Waals surface area contributed by atoms with Crippen LogP contribution in [-0.2, 0) is 0 Å². The molecule has 0 aromatic rings. The number of hydrogen-bond donors (Lipinski definition) is 1. The summed E-state index contributed by atoms with van der Waals surface area (Å²) in [5, 5.41) is 3.35. The fraction of sp³-hybridized carbons (Fsp3) is 1.00. The van der Waals surface area contributed by atoms with Crippen molar-refractivity contribution in [3.05, 3.63) is 0 Å². The summed E-state index contributed by atoms with van der Waals surface area (Å²) in [7, 11) is 2.07. The standard InChI is InChI=1S/C12H27NS/c1-5-12(13-4)7-6-9-14-10-8-11(2)3/h11-13H,5-10H2,1-4H3. The lowest BCUT2D eigenvalue weighted by atomic mass is 10.1. The second-order valence-corrected chi connectivity index (χ2v) is 5.56. The zero-order chi connectivity index (χ0) is 10.8. The summed E-state index contributed by atoms with van der Waals surface area (Å²) in [5.41, 5.74) is 0. The van der Waals surface area contributed by atoms with Gasteiger partial charge in [-0.2, -0.15) is 11.8 Å². The summed E-state index contributed by atoms with van der Waals surface area (Å²) in [6, 6.07) is 0.737. The lowest BCUT2D eigenvalue weighted by Crippen LogP contribution is -2.23. The van der Waals surface area contributed by atoms with Crippen molar-refractivity contribution >= 4 is 11.8 Å². The molecular formula is C12H27NS. The average Bonchev–Trinajstić information content (AvgIpc) is 2.16. The van der Waals surface area contributed by atoms with Crippen LogP contribution in [0.4, 0.5) is 0 Å². The van der Waals surface area contributed by atoms with Crippen molar-refractivity contribution in [1.82, 2.24) is 5.32 Å². The molecule has 1 N–H and O–H groups in total. The third kappa shape index (κ3) is 8.89. The van der Waals surface area contributed by atoms with E-state index in [1.165, 1.54) is 37.2 Å². The molecule has 0 saturated carbocycles. The third-order valence-corrected chi connectivity index (χ3v) is 3.68. The van der Waals surface area contributed by atoms with E-state index in [2.05, 4.69) is 44.9 Å². The van der Waals surface area contributed by atoms with Crippen molar-refractivity contribution in [1.29, 1.82) is 0 Å². The Hall–Kier alpha value is 0.310. The van der Waals surface area contributed by atoms with Crippen LogP contribution < -0.4 is 5.32 Å². The molecule has 0 aliphatic rings. The highest BCUT2D eigenvalue weighted by Gasteiger charge is 2.01. The second kappa shape index (κ2) is 9.85. The van der Waals surface area contributed by atoms with Crippen LogP contribution in [0.25, 0.3) is 0 Å². The van der Waals surface area contributed by atoms with E-state index in [0.29, 0.717) is 0 Å². The summed E-state index contributed by atoms with van der Waals surface area (Å²) in [4.78, 5) is 0. The maximum Gasteiger partial charge on any atom is 0.00617 e. The van der Waals surface area contributed by atoms with E-state index in [-0.39, 0.29) is 0 Å². The molecular weight excluding hydrogens is 190 g/mol. The molecule has 0 bridgehead atoms. The van der Waals surface area contributed by atoms with Gasteiger partial charge in [0.25, 0.3) is 0 Å². The van der Waals surface area contributed by atoms with E-state index in [9.17, 15) is 0 Å². The van der Waals surface area contributed by atoms with Crippen LogP contribution in [0.2, 0.25) is 0 Å². The highest BCUT2D eigenvalue weighted by molar-refractivity contribution is 7.99. The monoisotopic (exact) mass is 217 g/mol. The average molecular weight is 217 g/mol. The molecule has 0 rings (SSSR count). The fourth-order valence-electron chi connectivity index (χ4n) is 1.41. The van der Waals surface area contributed by atoms with Gasteiger partial charge in [-0.15, -0.1) is 0 Å². The highest BCUT2D eigenvalue weighted by atomic mass is 32.2. The minimum absolute atomic E-state index is 0.737. The van der Waals surface area contributed by atoms with Gasteiger partial charge in [-0.3, -0.25) is 0 Å². The van der Waals surface area contributed by atoms with E-state index in [1.54, 1.807) is 0 Å². The molecule has 0 radical (unpaired) electrons. The molecule has 0 fully saturated rings. The van der Waals surface area contributed by atoms with Crippen LogP contribution in [0.5, 0.6) is 0 Å². The Morgan fingerprint density at radius 3 is 2.36 bits per heavy atom. The Morgan fingerprint density at radius 2 is 1.86 bits per heavy atom. The van der Waals surface area contributed by atoms with Crippen molar-refractivity contribution in [3.8, 4) is 0 Å². The molecule has 0 aliphatic heterocycles. The van der Waals surface area contributed by atoms with Crippen molar-refractivity contribution in [2.75, 3.05) is 18.6 Å². The Morgan fingerprint density at radius 1 is 1.14 bits per heavy atom. The molecule has 0 amide bonds. The maximum atomic E-state index is 3.35. The van der Waals surface area contributed by atoms with Crippen LogP contribution in [0.1, 0.15) is 46.5 Å². The fourth-order valence-corrected chi connectivity index (χ4v) is 2.62. The van der Waals surface area contributed by atoms with E-state index in [1.807, 2.05) is 0 Å². The van der Waals surface area contributed by atoms with Gasteiger partial charge in [-0.1, -0.05) is 20.8 Å². The first-order valence-corrected chi connectivity index (χ1v) is 7.11. The van der Waals surface area contributed by atoms with Gasteiger partial charge in [-0.25, -0.2) is 0 Å². The van der Waals surface area contributed by atoms with E-state index in [4.69, 9.17) is 0 Å². The lowest BCUT2D eigenvalue weighted by molar-refractivity contribution is 0.504. The van der Waals surface area contributed by atoms with Crippen molar-refractivity contribution in [3.63, 3.8) is 0 Å². The first kappa shape index (κ1) is 14.3. The van der Waals surface area contributed by atoms with E-state index in [0.717, 1.165) is 12.0 Å². The SMILES string of the molecule is CCC(CCCSCCC(C)C)NC. The Labute approximate surface area is 94.4 Å². The Balaban J connectivity index is 3.12. The van der Waals surface area contributed by atoms with Crippen LogP contribution in [0, 0.1) is 5.92 Å². The minimum Gasteiger partial charge on any atom is -0.317 e. The van der Waals surface area contributed by atoms with Gasteiger partial charge < -0.3 is 5.32 Å². The smallest absolute Gasteiger partial charge is 0.00617 e. The van der Waals surface area contributed by atoms with Crippen LogP contribution >= 0.6 is 11.8 Å². The molecule has 1 atom stereocenters. The first-order chi connectivity index (χ1) is 6.70. The quantitative estimate of drug-likeness (QED) is 0.593. The molecule has 1 nitrogen and oxygen atoms in total. The molecule has 2 heteroatoms. The van der Waals surface area contributed by atoms with Crippen LogP contribution in [-0.4, -0.2) is 24.6 Å². The summed E-state index contributed by atoms with van der Waals surface area (Å²) in [6.45, 7) is 6.86. The molecule has 86 valence electrons. The first-order valence-electron chi connectivity index (χ1n) is 5.95. The zero-order valence-electron chi connectivity index (χ0n) is 10.3. The second-order valence-electron chi connectivity index (χ2n) is 4.33. The highest BCUT2D eigenvalue weighted by Crippen LogP contribution is 2.12. The van der Waals surface area contributed by atoms with Crippen molar-refractivity contribution in [2.24, 2.45) is 5.92 Å². The van der Waals surface area contributed by atoms with Crippen LogP contribution in [0.3, 0.4) is 0 Å². The summed E-state index contributed by atoms with van der Waals surface area (Å²) in [5.74, 6) is 3.54. The van der Waals surface area contributed by atoms with Crippen LogP contribution in [0.15, 0.2) is 0 Å². The predicted molar refractivity (Wildman–Crippen MR) is 69.2 cm³/mol. The lowest BCUT2D eigenvalue weighted by Gasteiger charge is -2.13. The molecule has 0 heterocycles. The Kier molecular flexibility index (Phi) is 10.1. The number of rotatable bonds is 9. The van der Waals surface area contributed by atoms with Gasteiger partial charge in [0, 0.05) is 6.04 Å². The molecule has 0 aliphatic carbocycles. The largest absolute Gasteiger partial charge is 0.317 e. The van der Waals surface area contributed by atoms with E-state index < -0.39 is 0 Å². The van der Waals surface area contributed by atoms with Gasteiger partial charge in [0.1, 0.15) is 0 Å². The summed E-state index contributed by atoms with van der Waals surface area (Å²) < 4.78 is 0. The number of nitrogens with one attached hydrogen (secondary N) is 1. The predicted octanol–water partition coefficient (Wildman–Crippen LogP) is 3.54. The molecule has 0 spiro atoms. The number of hydrogen-bond acceptors (Lipinski definition) is 2. The van der Waals surface area contributed by atoms with Gasteiger partial charge in [-0.05, 0) is 50.2 Å². The van der Waals surface area contributed by atoms with E-state index >= 15 is 0 Å². The molecule has 0 aromatic carbocycles.